The van der Waals surface area contributed by atoms with Crippen LogP contribution in [0.4, 0.5) is 0 Å². The molecule has 2 fully saturated rings. The van der Waals surface area contributed by atoms with E-state index in [-0.39, 0.29) is 5.91 Å². The number of carbonyl (C=O) groups excluding carboxylic acids is 1. The fraction of sp³-hybridized carbons (Fsp3) is 0.632. The van der Waals surface area contributed by atoms with E-state index in [9.17, 15) is 4.79 Å². The van der Waals surface area contributed by atoms with Crippen LogP contribution in [0.15, 0.2) is 18.2 Å². The highest BCUT2D eigenvalue weighted by Crippen LogP contribution is 2.24. The molecule has 0 aliphatic carbocycles. The highest BCUT2D eigenvalue weighted by atomic mass is 16.5. The molecule has 1 atom stereocenters. The van der Waals surface area contributed by atoms with Crippen molar-refractivity contribution >= 4 is 5.91 Å². The molecule has 2 saturated heterocycles. The summed E-state index contributed by atoms with van der Waals surface area (Å²) in [6.45, 7) is 4.14. The van der Waals surface area contributed by atoms with Crippen LogP contribution >= 0.6 is 0 Å². The number of carbonyl (C=O) groups is 1. The average Bonchev–Trinajstić information content (AvgIpc) is 2.95. The Morgan fingerprint density at radius 3 is 2.50 bits per heavy atom. The minimum atomic E-state index is 0.269. The molecule has 0 N–H and O–H groups in total. The van der Waals surface area contributed by atoms with Crippen LogP contribution in [0.5, 0.6) is 11.5 Å². The number of aryl methyl sites for hydroxylation is 1. The van der Waals surface area contributed by atoms with Crippen LogP contribution in [-0.2, 0) is 11.2 Å². The predicted octanol–water partition coefficient (Wildman–Crippen LogP) is 2.33. The van der Waals surface area contributed by atoms with Crippen molar-refractivity contribution in [2.75, 3.05) is 40.4 Å². The lowest BCUT2D eigenvalue weighted by molar-refractivity contribution is -0.131. The monoisotopic (exact) mass is 332 g/mol. The molecule has 3 rings (SSSR count). The Hall–Kier alpha value is -1.75. The van der Waals surface area contributed by atoms with Crippen LogP contribution < -0.4 is 9.47 Å². The largest absolute Gasteiger partial charge is 0.497 e. The fourth-order valence-electron chi connectivity index (χ4n) is 3.85. The Balaban J connectivity index is 1.58. The van der Waals surface area contributed by atoms with Crippen molar-refractivity contribution in [2.24, 2.45) is 0 Å². The van der Waals surface area contributed by atoms with Crippen molar-refractivity contribution in [3.63, 3.8) is 0 Å². The summed E-state index contributed by atoms with van der Waals surface area (Å²) in [6.07, 6.45) is 4.86. The third kappa shape index (κ3) is 4.01. The summed E-state index contributed by atoms with van der Waals surface area (Å²) in [4.78, 5) is 17.3. The molecular formula is C19H28N2O3. The van der Waals surface area contributed by atoms with Crippen molar-refractivity contribution in [1.29, 1.82) is 0 Å². The molecule has 0 saturated carbocycles. The molecule has 5 nitrogen and oxygen atoms in total. The Morgan fingerprint density at radius 2 is 1.79 bits per heavy atom. The second-order valence-corrected chi connectivity index (χ2v) is 6.75. The number of hydrogen-bond acceptors (Lipinski definition) is 4. The minimum Gasteiger partial charge on any atom is -0.497 e. The number of ether oxygens (including phenoxy) is 2. The van der Waals surface area contributed by atoms with E-state index in [0.29, 0.717) is 12.5 Å². The molecule has 132 valence electrons. The summed E-state index contributed by atoms with van der Waals surface area (Å²) in [7, 11) is 3.29. The number of amides is 1. The van der Waals surface area contributed by atoms with E-state index >= 15 is 0 Å². The van der Waals surface area contributed by atoms with Gasteiger partial charge in [-0.25, -0.2) is 0 Å². The maximum atomic E-state index is 12.7. The van der Waals surface area contributed by atoms with Gasteiger partial charge in [0.05, 0.1) is 14.2 Å². The zero-order valence-electron chi connectivity index (χ0n) is 14.8. The number of fused-ring (bicyclic) bond motifs is 1. The first-order valence-electron chi connectivity index (χ1n) is 8.93. The van der Waals surface area contributed by atoms with Crippen LogP contribution in [-0.4, -0.2) is 62.1 Å². The zero-order valence-corrected chi connectivity index (χ0v) is 14.8. The molecule has 2 aliphatic rings. The molecule has 1 amide bonds. The molecule has 0 unspecified atom stereocenters. The van der Waals surface area contributed by atoms with Gasteiger partial charge >= 0.3 is 0 Å². The molecule has 0 aromatic heterocycles. The van der Waals surface area contributed by atoms with E-state index < -0.39 is 0 Å². The SMILES string of the molecule is COc1cc(CCC(=O)N2CCCN3CCC[C@@H]3C2)cc(OC)c1. The van der Waals surface area contributed by atoms with E-state index in [4.69, 9.17) is 9.47 Å². The highest BCUT2D eigenvalue weighted by Gasteiger charge is 2.30. The highest BCUT2D eigenvalue weighted by molar-refractivity contribution is 5.76. The van der Waals surface area contributed by atoms with Gasteiger partial charge in [0, 0.05) is 38.2 Å². The van der Waals surface area contributed by atoms with Gasteiger partial charge < -0.3 is 14.4 Å². The van der Waals surface area contributed by atoms with Gasteiger partial charge in [0.25, 0.3) is 0 Å². The van der Waals surface area contributed by atoms with Gasteiger partial charge in [0.1, 0.15) is 11.5 Å². The first-order chi connectivity index (χ1) is 11.7. The third-order valence-electron chi connectivity index (χ3n) is 5.20. The van der Waals surface area contributed by atoms with Gasteiger partial charge in [0.2, 0.25) is 5.91 Å². The van der Waals surface area contributed by atoms with E-state index in [2.05, 4.69) is 9.80 Å². The number of benzene rings is 1. The number of hydrogen-bond donors (Lipinski definition) is 0. The normalized spacial score (nSPS) is 21.2. The lowest BCUT2D eigenvalue weighted by Crippen LogP contribution is -2.39. The molecule has 0 radical (unpaired) electrons. The Bertz CT molecular complexity index is 553. The summed E-state index contributed by atoms with van der Waals surface area (Å²) >= 11 is 0. The van der Waals surface area contributed by atoms with Gasteiger partial charge in [-0.1, -0.05) is 0 Å². The third-order valence-corrected chi connectivity index (χ3v) is 5.20. The molecule has 1 aromatic carbocycles. The predicted molar refractivity (Wildman–Crippen MR) is 93.7 cm³/mol. The quantitative estimate of drug-likeness (QED) is 0.830. The summed E-state index contributed by atoms with van der Waals surface area (Å²) in [5, 5.41) is 0. The standard InChI is InChI=1S/C19H28N2O3/c1-23-17-11-15(12-18(13-17)24-2)6-7-19(22)21-10-4-9-20-8-3-5-16(20)14-21/h11-13,16H,3-10,14H2,1-2H3/t16-/m1/s1. The first-order valence-corrected chi connectivity index (χ1v) is 8.93. The molecule has 2 aliphatic heterocycles. The number of nitrogens with zero attached hydrogens (tertiary/aromatic N) is 2. The fourth-order valence-corrected chi connectivity index (χ4v) is 3.85. The van der Waals surface area contributed by atoms with Gasteiger partial charge in [-0.15, -0.1) is 0 Å². The minimum absolute atomic E-state index is 0.269. The van der Waals surface area contributed by atoms with Gasteiger partial charge in [-0.2, -0.15) is 0 Å². The van der Waals surface area contributed by atoms with Crippen LogP contribution in [0.1, 0.15) is 31.2 Å². The summed E-state index contributed by atoms with van der Waals surface area (Å²) in [5.74, 6) is 1.81. The van der Waals surface area contributed by atoms with Gasteiger partial charge in [-0.05, 0) is 49.9 Å². The maximum absolute atomic E-state index is 12.7. The van der Waals surface area contributed by atoms with Crippen LogP contribution in [0, 0.1) is 0 Å². The molecule has 24 heavy (non-hydrogen) atoms. The van der Waals surface area contributed by atoms with E-state index in [1.54, 1.807) is 14.2 Å². The van der Waals surface area contributed by atoms with Crippen LogP contribution in [0.25, 0.3) is 0 Å². The van der Waals surface area contributed by atoms with Crippen molar-refractivity contribution in [3.05, 3.63) is 23.8 Å². The molecule has 0 bridgehead atoms. The second kappa shape index (κ2) is 7.88. The van der Waals surface area contributed by atoms with Crippen molar-refractivity contribution in [2.45, 2.75) is 38.1 Å². The van der Waals surface area contributed by atoms with E-state index in [1.807, 2.05) is 18.2 Å². The van der Waals surface area contributed by atoms with Crippen molar-refractivity contribution < 1.29 is 14.3 Å². The van der Waals surface area contributed by atoms with Crippen LogP contribution in [0.3, 0.4) is 0 Å². The van der Waals surface area contributed by atoms with Gasteiger partial charge in [0.15, 0.2) is 0 Å². The number of methoxy groups -OCH3 is 2. The summed E-state index contributed by atoms with van der Waals surface area (Å²) in [6, 6.07) is 6.40. The number of rotatable bonds is 5. The lowest BCUT2D eigenvalue weighted by atomic mass is 10.1. The smallest absolute Gasteiger partial charge is 0.222 e. The topological polar surface area (TPSA) is 42.0 Å². The zero-order chi connectivity index (χ0) is 16.9. The molecule has 2 heterocycles. The molecular weight excluding hydrogens is 304 g/mol. The van der Waals surface area contributed by atoms with E-state index in [1.165, 1.54) is 19.4 Å². The Labute approximate surface area is 144 Å². The second-order valence-electron chi connectivity index (χ2n) is 6.75. The molecule has 5 heteroatoms. The van der Waals surface area contributed by atoms with E-state index in [0.717, 1.165) is 49.5 Å². The molecule has 1 aromatic rings. The average molecular weight is 332 g/mol. The Morgan fingerprint density at radius 1 is 1.08 bits per heavy atom. The first kappa shape index (κ1) is 17.1. The molecule has 0 spiro atoms. The lowest BCUT2D eigenvalue weighted by Gasteiger charge is -2.25. The summed E-state index contributed by atoms with van der Waals surface area (Å²) in [5.41, 5.74) is 1.08. The van der Waals surface area contributed by atoms with Crippen LogP contribution in [0.2, 0.25) is 0 Å². The maximum Gasteiger partial charge on any atom is 0.222 e. The van der Waals surface area contributed by atoms with Gasteiger partial charge in [-0.3, -0.25) is 9.69 Å². The van der Waals surface area contributed by atoms with Crippen molar-refractivity contribution in [3.8, 4) is 11.5 Å². The summed E-state index contributed by atoms with van der Waals surface area (Å²) < 4.78 is 10.6. The van der Waals surface area contributed by atoms with Crippen molar-refractivity contribution in [1.82, 2.24) is 9.80 Å². The Kier molecular flexibility index (Phi) is 5.61.